The second-order valence-electron chi connectivity index (χ2n) is 8.20. The highest BCUT2D eigenvalue weighted by Crippen LogP contribution is 2.38. The molecule has 2 N–H and O–H groups in total. The van der Waals surface area contributed by atoms with Crippen LogP contribution in [0.2, 0.25) is 0 Å². The van der Waals surface area contributed by atoms with Gasteiger partial charge < -0.3 is 10.2 Å². The molecule has 0 radical (unpaired) electrons. The van der Waals surface area contributed by atoms with E-state index in [-0.39, 0.29) is 5.25 Å². The molecular formula is C19H23F6N3O6S. The largest absolute Gasteiger partial charge is 0.490 e. The molecule has 198 valence electrons. The Morgan fingerprint density at radius 1 is 0.914 bits per heavy atom. The van der Waals surface area contributed by atoms with E-state index in [0.29, 0.717) is 11.8 Å². The Morgan fingerprint density at radius 3 is 1.71 bits per heavy atom. The first-order valence-corrected chi connectivity index (χ1v) is 11.7. The summed E-state index contributed by atoms with van der Waals surface area (Å²) in [6.45, 7) is 4.32. The van der Waals surface area contributed by atoms with E-state index >= 15 is 0 Å². The van der Waals surface area contributed by atoms with Gasteiger partial charge in [-0.25, -0.2) is 22.3 Å². The fraction of sp³-hybridized carbons (Fsp3) is 0.632. The lowest BCUT2D eigenvalue weighted by atomic mass is 10.0. The topological polar surface area (TPSA) is 128 Å². The van der Waals surface area contributed by atoms with Crippen LogP contribution < -0.4 is 0 Å². The summed E-state index contributed by atoms with van der Waals surface area (Å²) in [6.07, 6.45) is -6.61. The van der Waals surface area contributed by atoms with Crippen molar-refractivity contribution in [2.45, 2.75) is 37.0 Å². The Balaban J connectivity index is 0.000000257. The molecular weight excluding hydrogens is 512 g/mol. The van der Waals surface area contributed by atoms with Crippen LogP contribution in [0.15, 0.2) is 24.4 Å². The normalized spacial score (nSPS) is 22.9. The third-order valence-corrected chi connectivity index (χ3v) is 7.76. The molecule has 0 amide bonds. The number of aliphatic carboxylic acids is 2. The average molecular weight is 535 g/mol. The van der Waals surface area contributed by atoms with Gasteiger partial charge in [0.2, 0.25) is 10.0 Å². The molecule has 1 aliphatic carbocycles. The van der Waals surface area contributed by atoms with E-state index in [1.807, 2.05) is 18.3 Å². The molecule has 2 aliphatic heterocycles. The number of alkyl halides is 6. The van der Waals surface area contributed by atoms with E-state index in [1.54, 1.807) is 4.31 Å². The molecule has 16 heteroatoms. The zero-order valence-electron chi connectivity index (χ0n) is 18.0. The van der Waals surface area contributed by atoms with E-state index in [9.17, 15) is 34.8 Å². The van der Waals surface area contributed by atoms with Crippen LogP contribution in [-0.4, -0.2) is 88.5 Å². The number of hydrogen-bond acceptors (Lipinski definition) is 6. The highest BCUT2D eigenvalue weighted by molar-refractivity contribution is 7.90. The zero-order valence-corrected chi connectivity index (χ0v) is 18.9. The third kappa shape index (κ3) is 8.61. The van der Waals surface area contributed by atoms with E-state index in [4.69, 9.17) is 19.8 Å². The van der Waals surface area contributed by atoms with Crippen LogP contribution in [-0.2, 0) is 26.2 Å². The van der Waals surface area contributed by atoms with Gasteiger partial charge in [0.05, 0.1) is 10.9 Å². The van der Waals surface area contributed by atoms with Gasteiger partial charge in [-0.1, -0.05) is 6.07 Å². The number of halogens is 6. The van der Waals surface area contributed by atoms with Crippen molar-refractivity contribution >= 4 is 22.0 Å². The molecule has 0 aromatic carbocycles. The summed E-state index contributed by atoms with van der Waals surface area (Å²) in [5.41, 5.74) is 1.10. The number of nitrogens with zero attached hydrogens (tertiary/aromatic N) is 3. The number of aromatic nitrogens is 1. The van der Waals surface area contributed by atoms with Crippen molar-refractivity contribution in [1.29, 1.82) is 0 Å². The molecule has 3 fully saturated rings. The number of carboxylic acids is 2. The first kappa shape index (κ1) is 28.8. The molecule has 9 nitrogen and oxygen atoms in total. The summed E-state index contributed by atoms with van der Waals surface area (Å²) in [7, 11) is -2.98. The van der Waals surface area contributed by atoms with Gasteiger partial charge in [-0.3, -0.25) is 9.88 Å². The molecule has 4 rings (SSSR count). The molecule has 2 saturated heterocycles. The second kappa shape index (κ2) is 11.1. The smallest absolute Gasteiger partial charge is 0.475 e. The van der Waals surface area contributed by atoms with Gasteiger partial charge in [0.25, 0.3) is 0 Å². The summed E-state index contributed by atoms with van der Waals surface area (Å²) >= 11 is 0. The zero-order chi connectivity index (χ0) is 26.6. The van der Waals surface area contributed by atoms with Crippen LogP contribution in [0, 0.1) is 11.8 Å². The molecule has 3 aliphatic rings. The van der Waals surface area contributed by atoms with Crippen molar-refractivity contribution < 1.29 is 54.6 Å². The predicted octanol–water partition coefficient (Wildman–Crippen LogP) is 2.20. The fourth-order valence-corrected chi connectivity index (χ4v) is 5.63. The molecule has 2 unspecified atom stereocenters. The fourth-order valence-electron chi connectivity index (χ4n) is 3.68. The van der Waals surface area contributed by atoms with E-state index in [0.717, 1.165) is 51.3 Å². The molecule has 0 bridgehead atoms. The molecule has 35 heavy (non-hydrogen) atoms. The van der Waals surface area contributed by atoms with Gasteiger partial charge in [0.1, 0.15) is 0 Å². The van der Waals surface area contributed by atoms with Crippen LogP contribution >= 0.6 is 0 Å². The lowest BCUT2D eigenvalue weighted by molar-refractivity contribution is -0.193. The van der Waals surface area contributed by atoms with E-state index in [2.05, 4.69) is 16.0 Å². The Hall–Kier alpha value is -2.46. The van der Waals surface area contributed by atoms with Gasteiger partial charge in [-0.05, 0) is 36.8 Å². The summed E-state index contributed by atoms with van der Waals surface area (Å²) in [6, 6.07) is 6.00. The summed E-state index contributed by atoms with van der Waals surface area (Å²) in [4.78, 5) is 24.6. The highest BCUT2D eigenvalue weighted by Gasteiger charge is 2.48. The predicted molar refractivity (Wildman–Crippen MR) is 107 cm³/mol. The number of carbonyl (C=O) groups is 2. The van der Waals surface area contributed by atoms with E-state index < -0.39 is 34.3 Å². The number of sulfonamides is 1. The minimum atomic E-state index is -5.08. The minimum Gasteiger partial charge on any atom is -0.475 e. The van der Waals surface area contributed by atoms with Crippen LogP contribution in [0.5, 0.6) is 0 Å². The van der Waals surface area contributed by atoms with Crippen molar-refractivity contribution in [2.24, 2.45) is 11.8 Å². The molecule has 0 spiro atoms. The standard InChI is InChI=1S/C15H21N3O2S.2C2HF3O2/c19-21(20,15-4-5-15)18-9-12-7-17(8-13(12)10-18)11-14-3-1-2-6-16-14;2*3-2(4,5)1(6)7/h1-3,6,12-13,15H,4-5,7-11H2;2*(H,6,7). The maximum atomic E-state index is 12.3. The Morgan fingerprint density at radius 2 is 1.37 bits per heavy atom. The maximum Gasteiger partial charge on any atom is 0.490 e. The Bertz CT molecular complexity index is 947. The van der Waals surface area contributed by atoms with Gasteiger partial charge in [-0.2, -0.15) is 26.3 Å². The summed E-state index contributed by atoms with van der Waals surface area (Å²) in [5.74, 6) is -4.51. The van der Waals surface area contributed by atoms with Crippen molar-refractivity contribution in [3.63, 3.8) is 0 Å². The first-order chi connectivity index (χ1) is 16.0. The molecule has 1 aromatic heterocycles. The van der Waals surface area contributed by atoms with Gasteiger partial charge in [-0.15, -0.1) is 0 Å². The summed E-state index contributed by atoms with van der Waals surface area (Å²) in [5, 5.41) is 14.2. The van der Waals surface area contributed by atoms with Crippen LogP contribution in [0.3, 0.4) is 0 Å². The van der Waals surface area contributed by atoms with Crippen LogP contribution in [0.25, 0.3) is 0 Å². The van der Waals surface area contributed by atoms with Gasteiger partial charge in [0, 0.05) is 38.9 Å². The number of likely N-dealkylation sites (tertiary alicyclic amines) is 1. The van der Waals surface area contributed by atoms with Gasteiger partial charge >= 0.3 is 24.3 Å². The third-order valence-electron chi connectivity index (χ3n) is 5.43. The molecule has 1 saturated carbocycles. The van der Waals surface area contributed by atoms with Crippen LogP contribution in [0.1, 0.15) is 18.5 Å². The quantitative estimate of drug-likeness (QED) is 0.562. The molecule has 3 heterocycles. The number of carboxylic acid groups (broad SMARTS) is 2. The van der Waals surface area contributed by atoms with E-state index in [1.165, 1.54) is 0 Å². The number of rotatable bonds is 4. The Labute approximate surface area is 196 Å². The summed E-state index contributed by atoms with van der Waals surface area (Å²) < 4.78 is 89.8. The molecule has 2 atom stereocenters. The first-order valence-electron chi connectivity index (χ1n) is 10.2. The van der Waals surface area contributed by atoms with Crippen LogP contribution in [0.4, 0.5) is 26.3 Å². The molecule has 1 aromatic rings. The SMILES string of the molecule is O=C(O)C(F)(F)F.O=C(O)C(F)(F)F.O=S(=O)(C1CC1)N1CC2CN(Cc3ccccn3)CC2C1. The van der Waals surface area contributed by atoms with Crippen molar-refractivity contribution in [3.8, 4) is 0 Å². The Kier molecular flexibility index (Phi) is 9.10. The monoisotopic (exact) mass is 535 g/mol. The lowest BCUT2D eigenvalue weighted by Crippen LogP contribution is -2.35. The number of pyridine rings is 1. The van der Waals surface area contributed by atoms with Crippen molar-refractivity contribution in [2.75, 3.05) is 26.2 Å². The number of hydrogen-bond donors (Lipinski definition) is 2. The van der Waals surface area contributed by atoms with Gasteiger partial charge in [0.15, 0.2) is 0 Å². The lowest BCUT2D eigenvalue weighted by Gasteiger charge is -2.21. The second-order valence-corrected chi connectivity index (χ2v) is 10.4. The minimum absolute atomic E-state index is 0.0686. The number of fused-ring (bicyclic) bond motifs is 1. The van der Waals surface area contributed by atoms with Crippen molar-refractivity contribution in [3.05, 3.63) is 30.1 Å². The maximum absolute atomic E-state index is 12.3. The highest BCUT2D eigenvalue weighted by atomic mass is 32.2. The van der Waals surface area contributed by atoms with Crippen molar-refractivity contribution in [1.82, 2.24) is 14.2 Å². The average Bonchev–Trinajstić information content (AvgIpc) is 3.42.